The monoisotopic (exact) mass is 288 g/mol. The highest BCUT2D eigenvalue weighted by atomic mass is 32.2. The highest BCUT2D eigenvalue weighted by molar-refractivity contribution is 8.06. The summed E-state index contributed by atoms with van der Waals surface area (Å²) in [5, 5.41) is 5.44. The van der Waals surface area contributed by atoms with Crippen LogP contribution < -0.4 is 5.32 Å². The van der Waals surface area contributed by atoms with E-state index >= 15 is 0 Å². The summed E-state index contributed by atoms with van der Waals surface area (Å²) in [4.78, 5) is 6.16. The van der Waals surface area contributed by atoms with E-state index < -0.39 is 0 Å². The van der Waals surface area contributed by atoms with Crippen molar-refractivity contribution in [3.63, 3.8) is 0 Å². The van der Waals surface area contributed by atoms with E-state index in [1.165, 1.54) is 32.8 Å². The number of aromatic nitrogens is 1. The van der Waals surface area contributed by atoms with E-state index in [1.54, 1.807) is 0 Å². The first-order chi connectivity index (χ1) is 8.16. The van der Waals surface area contributed by atoms with Crippen molar-refractivity contribution in [1.29, 1.82) is 0 Å². The summed E-state index contributed by atoms with van der Waals surface area (Å²) in [6.45, 7) is 7.47. The molecule has 0 amide bonds. The summed E-state index contributed by atoms with van der Waals surface area (Å²) in [6.07, 6.45) is 0. The fourth-order valence-corrected chi connectivity index (χ4v) is 5.68. The Kier molecular flexibility index (Phi) is 5.21. The average Bonchev–Trinajstić information content (AvgIpc) is 2.69. The number of nitrogens with one attached hydrogen (secondary N) is 1. The highest BCUT2D eigenvalue weighted by Crippen LogP contribution is 2.39. The molecule has 1 aromatic rings. The van der Waals surface area contributed by atoms with Crippen LogP contribution in [0, 0.1) is 6.92 Å². The van der Waals surface area contributed by atoms with E-state index in [2.05, 4.69) is 49.6 Å². The predicted octanol–water partition coefficient (Wildman–Crippen LogP) is 3.47. The van der Waals surface area contributed by atoms with E-state index in [0.717, 1.165) is 6.54 Å². The Labute approximate surface area is 116 Å². The Morgan fingerprint density at radius 1 is 1.41 bits per heavy atom. The van der Waals surface area contributed by atoms with Gasteiger partial charge in [0.15, 0.2) is 0 Å². The third-order valence-electron chi connectivity index (χ3n) is 2.67. The lowest BCUT2D eigenvalue weighted by Gasteiger charge is -2.18. The van der Waals surface area contributed by atoms with Crippen LogP contribution in [0.3, 0.4) is 0 Å². The molecule has 2 nitrogen and oxygen atoms in total. The number of thioether (sulfide) groups is 2. The molecule has 2 rings (SSSR count). The Morgan fingerprint density at radius 2 is 2.24 bits per heavy atom. The van der Waals surface area contributed by atoms with Crippen LogP contribution in [-0.2, 0) is 6.54 Å². The highest BCUT2D eigenvalue weighted by Gasteiger charge is 2.21. The molecule has 1 saturated heterocycles. The van der Waals surface area contributed by atoms with Crippen molar-refractivity contribution in [1.82, 2.24) is 10.3 Å². The van der Waals surface area contributed by atoms with Crippen LogP contribution in [0.5, 0.6) is 0 Å². The Bertz CT molecular complexity index is 357. The predicted molar refractivity (Wildman–Crippen MR) is 81.4 cm³/mol. The van der Waals surface area contributed by atoms with Gasteiger partial charge < -0.3 is 5.32 Å². The quantitative estimate of drug-likeness (QED) is 0.917. The maximum Gasteiger partial charge on any atom is 0.107 e. The molecule has 5 heteroatoms. The number of rotatable bonds is 4. The lowest BCUT2D eigenvalue weighted by Crippen LogP contribution is -2.21. The maximum absolute atomic E-state index is 4.76. The minimum Gasteiger partial charge on any atom is -0.310 e. The maximum atomic E-state index is 4.76. The molecule has 1 N–H and O–H groups in total. The van der Waals surface area contributed by atoms with E-state index in [1.807, 2.05) is 11.3 Å². The van der Waals surface area contributed by atoms with Crippen LogP contribution in [-0.4, -0.2) is 28.3 Å². The number of aryl methyl sites for hydroxylation is 1. The lowest BCUT2D eigenvalue weighted by atomic mass is 10.3. The molecular weight excluding hydrogens is 268 g/mol. The third kappa shape index (κ3) is 3.88. The molecule has 96 valence electrons. The second kappa shape index (κ2) is 6.45. The molecular formula is C12H20N2S3. The van der Waals surface area contributed by atoms with Gasteiger partial charge in [0.25, 0.3) is 0 Å². The van der Waals surface area contributed by atoms with E-state index in [0.29, 0.717) is 11.3 Å². The van der Waals surface area contributed by atoms with Gasteiger partial charge in [0.1, 0.15) is 5.01 Å². The lowest BCUT2D eigenvalue weighted by molar-refractivity contribution is 0.591. The SMILES string of the molecule is Cc1nc(C2CSCCS2)sc1CNC(C)C. The number of hydrogen-bond donors (Lipinski definition) is 1. The van der Waals surface area contributed by atoms with Crippen LogP contribution >= 0.6 is 34.9 Å². The molecule has 1 aromatic heterocycles. The van der Waals surface area contributed by atoms with Crippen molar-refractivity contribution < 1.29 is 0 Å². The van der Waals surface area contributed by atoms with Gasteiger partial charge in [0.05, 0.1) is 10.9 Å². The molecule has 0 aromatic carbocycles. The standard InChI is InChI=1S/C12H20N2S3/c1-8(2)13-6-10-9(3)14-12(17-10)11-7-15-4-5-16-11/h8,11,13H,4-7H2,1-3H3. The van der Waals surface area contributed by atoms with Crippen LogP contribution in [0.15, 0.2) is 0 Å². The van der Waals surface area contributed by atoms with Crippen LogP contribution in [0.4, 0.5) is 0 Å². The van der Waals surface area contributed by atoms with Gasteiger partial charge in [-0.15, -0.1) is 23.1 Å². The van der Waals surface area contributed by atoms with Crippen molar-refractivity contribution in [3.8, 4) is 0 Å². The fourth-order valence-electron chi connectivity index (χ4n) is 1.68. The zero-order valence-electron chi connectivity index (χ0n) is 10.7. The molecule has 17 heavy (non-hydrogen) atoms. The van der Waals surface area contributed by atoms with Gasteiger partial charge in [-0.1, -0.05) is 13.8 Å². The summed E-state index contributed by atoms with van der Waals surface area (Å²) in [7, 11) is 0. The van der Waals surface area contributed by atoms with Gasteiger partial charge in [-0.3, -0.25) is 0 Å². The minimum atomic E-state index is 0.541. The second-order valence-electron chi connectivity index (χ2n) is 4.53. The normalized spacial score (nSPS) is 21.1. The van der Waals surface area contributed by atoms with Gasteiger partial charge in [-0.05, 0) is 6.92 Å². The summed E-state index contributed by atoms with van der Waals surface area (Å²) in [6, 6.07) is 0.541. The molecule has 2 heterocycles. The number of hydrogen-bond acceptors (Lipinski definition) is 5. The fraction of sp³-hybridized carbons (Fsp3) is 0.750. The molecule has 0 aliphatic carbocycles. The Balaban J connectivity index is 2.01. The number of nitrogens with zero attached hydrogens (tertiary/aromatic N) is 1. The largest absolute Gasteiger partial charge is 0.310 e. The van der Waals surface area contributed by atoms with E-state index in [4.69, 9.17) is 4.98 Å². The van der Waals surface area contributed by atoms with Gasteiger partial charge in [-0.2, -0.15) is 11.8 Å². The third-order valence-corrected chi connectivity index (χ3v) is 6.86. The Morgan fingerprint density at radius 3 is 2.88 bits per heavy atom. The van der Waals surface area contributed by atoms with Crippen molar-refractivity contribution in [2.75, 3.05) is 17.3 Å². The molecule has 0 spiro atoms. The first-order valence-electron chi connectivity index (χ1n) is 6.05. The van der Waals surface area contributed by atoms with Crippen molar-refractivity contribution >= 4 is 34.9 Å². The van der Waals surface area contributed by atoms with Crippen LogP contribution in [0.1, 0.15) is 34.7 Å². The molecule has 0 bridgehead atoms. The molecule has 0 radical (unpaired) electrons. The average molecular weight is 289 g/mol. The zero-order valence-corrected chi connectivity index (χ0v) is 13.1. The summed E-state index contributed by atoms with van der Waals surface area (Å²) < 4.78 is 0. The zero-order chi connectivity index (χ0) is 12.3. The minimum absolute atomic E-state index is 0.541. The van der Waals surface area contributed by atoms with Gasteiger partial charge in [0.2, 0.25) is 0 Å². The second-order valence-corrected chi connectivity index (χ2v) is 8.11. The van der Waals surface area contributed by atoms with Crippen molar-refractivity contribution in [2.45, 2.75) is 38.6 Å². The van der Waals surface area contributed by atoms with Gasteiger partial charge >= 0.3 is 0 Å². The molecule has 0 saturated carbocycles. The van der Waals surface area contributed by atoms with Crippen LogP contribution in [0.25, 0.3) is 0 Å². The van der Waals surface area contributed by atoms with Crippen molar-refractivity contribution in [2.24, 2.45) is 0 Å². The molecule has 1 atom stereocenters. The number of thiazole rings is 1. The Hall–Kier alpha value is 0.290. The van der Waals surface area contributed by atoms with Gasteiger partial charge in [-0.25, -0.2) is 4.98 Å². The molecule has 1 aliphatic heterocycles. The molecule has 1 unspecified atom stereocenters. The summed E-state index contributed by atoms with van der Waals surface area (Å²) in [5.41, 5.74) is 1.22. The van der Waals surface area contributed by atoms with Crippen LogP contribution in [0.2, 0.25) is 0 Å². The summed E-state index contributed by atoms with van der Waals surface area (Å²) >= 11 is 6.03. The van der Waals surface area contributed by atoms with E-state index in [-0.39, 0.29) is 0 Å². The first-order valence-corrected chi connectivity index (χ1v) is 9.07. The van der Waals surface area contributed by atoms with Crippen molar-refractivity contribution in [3.05, 3.63) is 15.6 Å². The van der Waals surface area contributed by atoms with Gasteiger partial charge in [0, 0.05) is 34.7 Å². The smallest absolute Gasteiger partial charge is 0.107 e. The van der Waals surface area contributed by atoms with E-state index in [9.17, 15) is 0 Å². The summed E-state index contributed by atoms with van der Waals surface area (Å²) in [5.74, 6) is 3.80. The topological polar surface area (TPSA) is 24.9 Å². The molecule has 1 fully saturated rings. The molecule has 1 aliphatic rings. The first kappa shape index (κ1) is 13.7.